The summed E-state index contributed by atoms with van der Waals surface area (Å²) >= 11 is 0. The molecule has 3 heterocycles. The van der Waals surface area contributed by atoms with Crippen molar-refractivity contribution in [1.82, 2.24) is 19.9 Å². The smallest absolute Gasteiger partial charge is 0.254 e. The molecule has 1 unspecified atom stereocenters. The number of hydrogen-bond donors (Lipinski definition) is 1. The van der Waals surface area contributed by atoms with E-state index in [1.807, 2.05) is 25.2 Å². The lowest BCUT2D eigenvalue weighted by atomic mass is 10.0. The van der Waals surface area contributed by atoms with Crippen molar-refractivity contribution < 1.29 is 14.3 Å². The Labute approximate surface area is 144 Å². The standard InChI is InChI=1S/C18H18N4O3/c1-22-10-20-15-13(6-7-19-17(15)22)18(23)21-12-8-11-4-3-5-14(24-2)16(11)25-9-12/h3-7,10,12H,8-9H2,1-2H3,(H,21,23). The van der Waals surface area contributed by atoms with Gasteiger partial charge in [-0.15, -0.1) is 0 Å². The zero-order valence-corrected chi connectivity index (χ0v) is 14.0. The van der Waals surface area contributed by atoms with Gasteiger partial charge in [-0.1, -0.05) is 12.1 Å². The van der Waals surface area contributed by atoms with Crippen LogP contribution in [0.4, 0.5) is 0 Å². The molecule has 1 amide bonds. The fraction of sp³-hybridized carbons (Fsp3) is 0.278. The molecule has 0 aliphatic carbocycles. The van der Waals surface area contributed by atoms with Gasteiger partial charge in [0.15, 0.2) is 17.1 Å². The molecule has 4 rings (SSSR count). The van der Waals surface area contributed by atoms with Crippen LogP contribution in [0, 0.1) is 0 Å². The molecule has 0 spiro atoms. The van der Waals surface area contributed by atoms with Gasteiger partial charge in [0.25, 0.3) is 5.91 Å². The third-order valence-electron chi connectivity index (χ3n) is 4.35. The van der Waals surface area contributed by atoms with E-state index in [2.05, 4.69) is 15.3 Å². The molecule has 1 aromatic carbocycles. The number of nitrogens with zero attached hydrogens (tertiary/aromatic N) is 3. The van der Waals surface area contributed by atoms with Gasteiger partial charge in [0, 0.05) is 18.8 Å². The van der Waals surface area contributed by atoms with E-state index in [4.69, 9.17) is 9.47 Å². The van der Waals surface area contributed by atoms with E-state index in [9.17, 15) is 4.79 Å². The summed E-state index contributed by atoms with van der Waals surface area (Å²) in [7, 11) is 3.47. The zero-order chi connectivity index (χ0) is 17.4. The number of hydrogen-bond acceptors (Lipinski definition) is 5. The van der Waals surface area contributed by atoms with Crippen molar-refractivity contribution in [3.05, 3.63) is 47.9 Å². The number of ether oxygens (including phenoxy) is 2. The van der Waals surface area contributed by atoms with Gasteiger partial charge in [0.1, 0.15) is 12.1 Å². The SMILES string of the molecule is COc1cccc2c1OCC(NC(=O)c1ccnc3c1ncn3C)C2. The Morgan fingerprint density at radius 1 is 1.36 bits per heavy atom. The molecule has 0 saturated heterocycles. The number of amides is 1. The normalized spacial score (nSPS) is 16.2. The number of nitrogens with one attached hydrogen (secondary N) is 1. The van der Waals surface area contributed by atoms with Crippen molar-refractivity contribution in [1.29, 1.82) is 0 Å². The first-order valence-corrected chi connectivity index (χ1v) is 8.03. The number of fused-ring (bicyclic) bond motifs is 2. The predicted molar refractivity (Wildman–Crippen MR) is 92.0 cm³/mol. The van der Waals surface area contributed by atoms with Crippen LogP contribution in [0.1, 0.15) is 15.9 Å². The molecule has 0 saturated carbocycles. The number of methoxy groups -OCH3 is 1. The Balaban J connectivity index is 1.55. The highest BCUT2D eigenvalue weighted by atomic mass is 16.5. The summed E-state index contributed by atoms with van der Waals surface area (Å²) in [6.45, 7) is 0.398. The van der Waals surface area contributed by atoms with Crippen LogP contribution >= 0.6 is 0 Å². The first kappa shape index (κ1) is 15.4. The number of imidazole rings is 1. The van der Waals surface area contributed by atoms with Crippen molar-refractivity contribution in [2.45, 2.75) is 12.5 Å². The topological polar surface area (TPSA) is 78.3 Å². The lowest BCUT2D eigenvalue weighted by Gasteiger charge is -2.27. The van der Waals surface area contributed by atoms with E-state index >= 15 is 0 Å². The zero-order valence-electron chi connectivity index (χ0n) is 14.0. The summed E-state index contributed by atoms with van der Waals surface area (Å²) < 4.78 is 12.9. The Kier molecular flexibility index (Phi) is 3.76. The maximum atomic E-state index is 12.7. The molecule has 2 aromatic heterocycles. The van der Waals surface area contributed by atoms with Crippen LogP contribution in [0.2, 0.25) is 0 Å². The van der Waals surface area contributed by atoms with Gasteiger partial charge in [0.2, 0.25) is 0 Å². The van der Waals surface area contributed by atoms with Crippen LogP contribution in [0.5, 0.6) is 11.5 Å². The van der Waals surface area contributed by atoms with Crippen LogP contribution in [0.3, 0.4) is 0 Å². The molecular formula is C18H18N4O3. The molecule has 0 radical (unpaired) electrons. The minimum atomic E-state index is -0.175. The van der Waals surface area contributed by atoms with Crippen molar-refractivity contribution in [2.75, 3.05) is 13.7 Å². The summed E-state index contributed by atoms with van der Waals surface area (Å²) in [5, 5.41) is 3.03. The molecule has 7 heteroatoms. The molecule has 7 nitrogen and oxygen atoms in total. The average molecular weight is 338 g/mol. The Morgan fingerprint density at radius 2 is 2.24 bits per heavy atom. The maximum Gasteiger partial charge on any atom is 0.254 e. The summed E-state index contributed by atoms with van der Waals surface area (Å²) in [6.07, 6.45) is 3.96. The van der Waals surface area contributed by atoms with Crippen LogP contribution in [-0.4, -0.2) is 40.2 Å². The third-order valence-corrected chi connectivity index (χ3v) is 4.35. The first-order valence-electron chi connectivity index (χ1n) is 8.03. The number of benzene rings is 1. The molecule has 1 atom stereocenters. The highest BCUT2D eigenvalue weighted by Crippen LogP contribution is 2.34. The van der Waals surface area contributed by atoms with Gasteiger partial charge in [-0.3, -0.25) is 4.79 Å². The Bertz CT molecular complexity index is 951. The minimum Gasteiger partial charge on any atom is -0.493 e. The Morgan fingerprint density at radius 3 is 3.08 bits per heavy atom. The molecule has 1 aliphatic rings. The number of carbonyl (C=O) groups is 1. The average Bonchev–Trinajstić information content (AvgIpc) is 3.02. The van der Waals surface area contributed by atoms with Gasteiger partial charge in [-0.25, -0.2) is 9.97 Å². The van der Waals surface area contributed by atoms with Crippen LogP contribution in [0.15, 0.2) is 36.8 Å². The lowest BCUT2D eigenvalue weighted by Crippen LogP contribution is -2.42. The van der Waals surface area contributed by atoms with Gasteiger partial charge in [-0.05, 0) is 18.6 Å². The summed E-state index contributed by atoms with van der Waals surface area (Å²) in [5.41, 5.74) is 2.82. The fourth-order valence-electron chi connectivity index (χ4n) is 3.12. The molecule has 3 aromatic rings. The van der Waals surface area contributed by atoms with Gasteiger partial charge in [0.05, 0.1) is 25.0 Å². The van der Waals surface area contributed by atoms with Crippen molar-refractivity contribution in [3.8, 4) is 11.5 Å². The van der Waals surface area contributed by atoms with E-state index in [0.717, 1.165) is 11.3 Å². The highest BCUT2D eigenvalue weighted by Gasteiger charge is 2.25. The van der Waals surface area contributed by atoms with Crippen molar-refractivity contribution in [2.24, 2.45) is 7.05 Å². The summed E-state index contributed by atoms with van der Waals surface area (Å²) in [6, 6.07) is 7.35. The summed E-state index contributed by atoms with van der Waals surface area (Å²) in [4.78, 5) is 21.2. The molecule has 0 bridgehead atoms. The van der Waals surface area contributed by atoms with E-state index in [-0.39, 0.29) is 11.9 Å². The fourth-order valence-corrected chi connectivity index (χ4v) is 3.12. The lowest BCUT2D eigenvalue weighted by molar-refractivity contribution is 0.0916. The van der Waals surface area contributed by atoms with Gasteiger partial charge in [-0.2, -0.15) is 0 Å². The monoisotopic (exact) mass is 338 g/mol. The second kappa shape index (κ2) is 6.08. The van der Waals surface area contributed by atoms with E-state index < -0.39 is 0 Å². The number of aromatic nitrogens is 3. The minimum absolute atomic E-state index is 0.112. The number of aryl methyl sites for hydroxylation is 1. The van der Waals surface area contributed by atoms with Crippen LogP contribution in [0.25, 0.3) is 11.2 Å². The van der Waals surface area contributed by atoms with Crippen LogP contribution in [-0.2, 0) is 13.5 Å². The van der Waals surface area contributed by atoms with Crippen LogP contribution < -0.4 is 14.8 Å². The van der Waals surface area contributed by atoms with Crippen molar-refractivity contribution in [3.63, 3.8) is 0 Å². The maximum absolute atomic E-state index is 12.7. The number of carbonyl (C=O) groups excluding carboxylic acids is 1. The van der Waals surface area contributed by atoms with E-state index in [1.54, 1.807) is 30.3 Å². The predicted octanol–water partition coefficient (Wildman–Crippen LogP) is 1.71. The molecular weight excluding hydrogens is 320 g/mol. The molecule has 1 aliphatic heterocycles. The summed E-state index contributed by atoms with van der Waals surface area (Å²) in [5.74, 6) is 1.30. The van der Waals surface area contributed by atoms with Gasteiger partial charge >= 0.3 is 0 Å². The third kappa shape index (κ3) is 2.67. The largest absolute Gasteiger partial charge is 0.493 e. The van der Waals surface area contributed by atoms with Gasteiger partial charge < -0.3 is 19.4 Å². The molecule has 0 fully saturated rings. The molecule has 25 heavy (non-hydrogen) atoms. The number of para-hydroxylation sites is 1. The second-order valence-electron chi connectivity index (χ2n) is 6.02. The quantitative estimate of drug-likeness (QED) is 0.787. The van der Waals surface area contributed by atoms with Crippen molar-refractivity contribution >= 4 is 17.1 Å². The highest BCUT2D eigenvalue weighted by molar-refractivity contribution is 6.04. The number of pyridine rings is 1. The number of rotatable bonds is 3. The van der Waals surface area contributed by atoms with E-state index in [1.165, 1.54) is 0 Å². The Hall–Kier alpha value is -3.09. The molecule has 128 valence electrons. The van der Waals surface area contributed by atoms with E-state index in [0.29, 0.717) is 35.5 Å². The first-order chi connectivity index (χ1) is 12.2. The molecule has 1 N–H and O–H groups in total. The second-order valence-corrected chi connectivity index (χ2v) is 6.02.